The number of hydrogen-bond donors (Lipinski definition) is 0. The fraction of sp³-hybridized carbons (Fsp3) is 0.391. The van der Waals surface area contributed by atoms with Gasteiger partial charge in [0.05, 0.1) is 8.80 Å². The predicted molar refractivity (Wildman–Crippen MR) is 138 cm³/mol. The Kier molecular flexibility index (Phi) is 6.20. The predicted octanol–water partition coefficient (Wildman–Crippen LogP) is 5.32. The number of rotatable bonds is 7. The highest BCUT2D eigenvalue weighted by Gasteiger charge is 2.46. The van der Waals surface area contributed by atoms with E-state index in [4.69, 9.17) is 9.47 Å². The van der Waals surface area contributed by atoms with Crippen LogP contribution in [0.4, 0.5) is 4.39 Å². The summed E-state index contributed by atoms with van der Waals surface area (Å²) >= 11 is 3.56. The summed E-state index contributed by atoms with van der Waals surface area (Å²) in [7, 11) is -2.42. The number of nitrogens with zero attached hydrogens (tertiary/aromatic N) is 3. The van der Waals surface area contributed by atoms with Gasteiger partial charge in [0.25, 0.3) is 10.0 Å². The topological polar surface area (TPSA) is 83.3 Å². The van der Waals surface area contributed by atoms with Crippen molar-refractivity contribution in [3.63, 3.8) is 0 Å². The largest absolute Gasteiger partial charge is 0.359 e. The third kappa shape index (κ3) is 3.67. The lowest BCUT2D eigenvalue weighted by Crippen LogP contribution is -2.45. The molecular formula is C23H23FIN3O4S2. The molecule has 0 N–H and O–H groups in total. The number of alkyl halides is 1. The van der Waals surface area contributed by atoms with Crippen LogP contribution in [0.3, 0.4) is 0 Å². The van der Waals surface area contributed by atoms with Crippen LogP contribution < -0.4 is 0 Å². The fourth-order valence-electron chi connectivity index (χ4n) is 4.32. The Hall–Kier alpha value is -1.67. The molecule has 0 amide bonds. The molecule has 1 fully saturated rings. The minimum absolute atomic E-state index is 0.204. The zero-order valence-electron chi connectivity index (χ0n) is 18.6. The average molecular weight is 615 g/mol. The van der Waals surface area contributed by atoms with Crippen molar-refractivity contribution in [3.05, 3.63) is 59.8 Å². The van der Waals surface area contributed by atoms with Crippen molar-refractivity contribution >= 4 is 55.0 Å². The molecule has 0 radical (unpaired) electrons. The summed E-state index contributed by atoms with van der Waals surface area (Å²) in [5.74, 6) is -0.568. The number of halogens is 2. The lowest BCUT2D eigenvalue weighted by molar-refractivity contribution is -0.171. The minimum atomic E-state index is -4.02. The highest BCUT2D eigenvalue weighted by atomic mass is 127. The first kappa shape index (κ1) is 24.0. The molecule has 0 bridgehead atoms. The normalized spacial score (nSPS) is 24.2. The van der Waals surface area contributed by atoms with Gasteiger partial charge in [0.15, 0.2) is 5.65 Å². The Labute approximate surface area is 214 Å². The molecule has 2 aliphatic carbocycles. The van der Waals surface area contributed by atoms with Crippen LogP contribution in [0.2, 0.25) is 0 Å². The van der Waals surface area contributed by atoms with E-state index in [1.165, 1.54) is 36.6 Å². The van der Waals surface area contributed by atoms with E-state index in [2.05, 4.69) is 9.97 Å². The second-order valence-electron chi connectivity index (χ2n) is 8.61. The van der Waals surface area contributed by atoms with Gasteiger partial charge in [-0.25, -0.2) is 26.7 Å². The highest BCUT2D eigenvalue weighted by molar-refractivity contribution is 14.1. The number of thiazole rings is 1. The fourth-order valence-corrected chi connectivity index (χ4v) is 8.47. The van der Waals surface area contributed by atoms with Gasteiger partial charge in [0, 0.05) is 36.7 Å². The van der Waals surface area contributed by atoms with E-state index in [9.17, 15) is 12.8 Å². The van der Waals surface area contributed by atoms with E-state index in [1.54, 1.807) is 31.6 Å². The summed E-state index contributed by atoms with van der Waals surface area (Å²) < 4.78 is 51.8. The smallest absolute Gasteiger partial charge is 0.250 e. The molecule has 11 heteroatoms. The molecule has 3 aromatic heterocycles. The summed E-state index contributed by atoms with van der Waals surface area (Å²) in [4.78, 5) is 9.92. The summed E-state index contributed by atoms with van der Waals surface area (Å²) in [5.41, 5.74) is 0.717. The highest BCUT2D eigenvalue weighted by Crippen LogP contribution is 2.48. The Balaban J connectivity index is 1.56. The SMILES string of the molecule is COCOC1(c2ncc(-c3ccnc4c3ccn4S(=O)(=O)C3(C)C=C(F)C=CC3I)s2)CCC1. The van der Waals surface area contributed by atoms with Gasteiger partial charge in [-0.05, 0) is 50.5 Å². The van der Waals surface area contributed by atoms with Gasteiger partial charge in [0.2, 0.25) is 0 Å². The molecule has 0 saturated heterocycles. The maximum atomic E-state index is 14.1. The quantitative estimate of drug-likeness (QED) is 0.203. The number of hydrogen-bond acceptors (Lipinski definition) is 7. The Morgan fingerprint density at radius 1 is 1.32 bits per heavy atom. The van der Waals surface area contributed by atoms with Crippen molar-refractivity contribution in [1.29, 1.82) is 0 Å². The Morgan fingerprint density at radius 3 is 2.82 bits per heavy atom. The number of fused-ring (bicyclic) bond motifs is 1. The molecule has 0 aliphatic heterocycles. The first-order valence-corrected chi connectivity index (χ1v) is 14.2. The minimum Gasteiger partial charge on any atom is -0.359 e. The van der Waals surface area contributed by atoms with Crippen LogP contribution in [-0.4, -0.2) is 44.9 Å². The summed E-state index contributed by atoms with van der Waals surface area (Å²) in [6.45, 7) is 1.74. The number of aromatic nitrogens is 3. The van der Waals surface area contributed by atoms with E-state index >= 15 is 0 Å². The first-order chi connectivity index (χ1) is 16.2. The van der Waals surface area contributed by atoms with Crippen molar-refractivity contribution in [2.75, 3.05) is 13.9 Å². The standard InChI is InChI=1S/C23H23FIN3O4S2/c1-22(12-15(24)4-5-19(22)25)34(29,30)28-11-7-17-16(6-10-26-20(17)28)18-13-27-21(33-18)23(8-3-9-23)32-14-31-2/h4-7,10-13,19H,3,8-9,14H2,1-2H3. The summed E-state index contributed by atoms with van der Waals surface area (Å²) in [6.07, 6.45) is 11.8. The number of methoxy groups -OCH3 is 1. The number of ether oxygens (including phenoxy) is 2. The third-order valence-corrected chi connectivity index (χ3v) is 12.2. The lowest BCUT2D eigenvalue weighted by atomic mass is 9.80. The van der Waals surface area contributed by atoms with Crippen LogP contribution in [0.1, 0.15) is 31.2 Å². The van der Waals surface area contributed by atoms with Crippen molar-refractivity contribution in [2.24, 2.45) is 0 Å². The van der Waals surface area contributed by atoms with E-state index < -0.39 is 30.1 Å². The maximum absolute atomic E-state index is 14.1. The second kappa shape index (κ2) is 8.77. The van der Waals surface area contributed by atoms with Crippen molar-refractivity contribution in [3.8, 4) is 10.4 Å². The van der Waals surface area contributed by atoms with Crippen LogP contribution in [-0.2, 0) is 25.1 Å². The van der Waals surface area contributed by atoms with Gasteiger partial charge in [-0.15, -0.1) is 11.3 Å². The molecule has 1 saturated carbocycles. The van der Waals surface area contributed by atoms with Gasteiger partial charge >= 0.3 is 0 Å². The molecule has 7 nitrogen and oxygen atoms in total. The van der Waals surface area contributed by atoms with Crippen LogP contribution >= 0.6 is 33.9 Å². The molecule has 3 heterocycles. The molecule has 2 atom stereocenters. The molecule has 34 heavy (non-hydrogen) atoms. The maximum Gasteiger partial charge on any atom is 0.250 e. The monoisotopic (exact) mass is 615 g/mol. The zero-order valence-corrected chi connectivity index (χ0v) is 22.4. The first-order valence-electron chi connectivity index (χ1n) is 10.7. The molecular weight excluding hydrogens is 592 g/mol. The van der Waals surface area contributed by atoms with Crippen molar-refractivity contribution in [1.82, 2.24) is 13.9 Å². The van der Waals surface area contributed by atoms with Crippen molar-refractivity contribution in [2.45, 2.75) is 40.5 Å². The van der Waals surface area contributed by atoms with Gasteiger partial charge in [0.1, 0.15) is 28.0 Å². The molecule has 2 unspecified atom stereocenters. The molecule has 3 aromatic rings. The molecule has 2 aliphatic rings. The Bertz CT molecular complexity index is 1410. The summed E-state index contributed by atoms with van der Waals surface area (Å²) in [6, 6.07) is 3.59. The Morgan fingerprint density at radius 2 is 2.12 bits per heavy atom. The van der Waals surface area contributed by atoms with E-state index in [0.29, 0.717) is 11.0 Å². The van der Waals surface area contributed by atoms with E-state index in [-0.39, 0.29) is 6.79 Å². The van der Waals surface area contributed by atoms with Gasteiger partial charge < -0.3 is 9.47 Å². The van der Waals surface area contributed by atoms with E-state index in [1.807, 2.05) is 28.7 Å². The van der Waals surface area contributed by atoms with Gasteiger partial charge in [-0.3, -0.25) is 0 Å². The lowest BCUT2D eigenvalue weighted by Gasteiger charge is -2.39. The zero-order chi connectivity index (χ0) is 24.1. The summed E-state index contributed by atoms with van der Waals surface area (Å²) in [5, 5.41) is 1.57. The number of allylic oxidation sites excluding steroid dienone is 3. The average Bonchev–Trinajstić information content (AvgIpc) is 3.44. The van der Waals surface area contributed by atoms with Crippen LogP contribution in [0, 0.1) is 0 Å². The van der Waals surface area contributed by atoms with E-state index in [0.717, 1.165) is 38.7 Å². The molecule has 0 spiro atoms. The van der Waals surface area contributed by atoms with Crippen LogP contribution in [0.25, 0.3) is 21.5 Å². The van der Waals surface area contributed by atoms with Gasteiger partial charge in [-0.1, -0.05) is 28.7 Å². The number of pyridine rings is 1. The van der Waals surface area contributed by atoms with Crippen LogP contribution in [0.15, 0.2) is 54.8 Å². The van der Waals surface area contributed by atoms with Crippen molar-refractivity contribution < 1.29 is 22.3 Å². The van der Waals surface area contributed by atoms with Gasteiger partial charge in [-0.2, -0.15) is 0 Å². The molecule has 5 rings (SSSR count). The second-order valence-corrected chi connectivity index (χ2v) is 13.2. The molecule has 180 valence electrons. The third-order valence-electron chi connectivity index (χ3n) is 6.54. The van der Waals surface area contributed by atoms with Crippen LogP contribution in [0.5, 0.6) is 0 Å². The molecule has 0 aromatic carbocycles.